The maximum Gasteiger partial charge on any atom is 0.154 e. The van der Waals surface area contributed by atoms with Gasteiger partial charge in [-0.3, -0.25) is 0 Å². The third-order valence-electron chi connectivity index (χ3n) is 1.87. The van der Waals surface area contributed by atoms with Crippen molar-refractivity contribution in [3.63, 3.8) is 0 Å². The first-order chi connectivity index (χ1) is 6.92. The maximum absolute atomic E-state index is 4.20. The van der Waals surface area contributed by atoms with Crippen molar-refractivity contribution in [3.8, 4) is 11.8 Å². The molecule has 3 heteroatoms. The van der Waals surface area contributed by atoms with Crippen LogP contribution in [0.1, 0.15) is 25.5 Å². The molecule has 0 spiro atoms. The number of hydrogen-bond acceptors (Lipinski definition) is 2. The summed E-state index contributed by atoms with van der Waals surface area (Å²) in [5.41, 5.74) is 1.70. The van der Waals surface area contributed by atoms with Crippen LogP contribution in [-0.2, 0) is 0 Å². The number of fused-ring (bicyclic) bond motifs is 1. The number of nitrogens with zero attached hydrogens (tertiary/aromatic N) is 3. The number of hydrogen-bond donors (Lipinski definition) is 0. The van der Waals surface area contributed by atoms with Gasteiger partial charge in [-0.15, -0.1) is 0 Å². The van der Waals surface area contributed by atoms with Gasteiger partial charge >= 0.3 is 0 Å². The molecule has 0 bridgehead atoms. The SMILES string of the molecule is CCCC#Cc1cnc2cccnn12. The Morgan fingerprint density at radius 3 is 3.29 bits per heavy atom. The highest BCUT2D eigenvalue weighted by Gasteiger charge is 1.98. The molecule has 0 aliphatic rings. The van der Waals surface area contributed by atoms with E-state index in [1.807, 2.05) is 12.1 Å². The first-order valence-corrected chi connectivity index (χ1v) is 4.69. The normalized spacial score (nSPS) is 9.79. The maximum atomic E-state index is 4.20. The van der Waals surface area contributed by atoms with Crippen molar-refractivity contribution in [2.45, 2.75) is 19.8 Å². The highest BCUT2D eigenvalue weighted by atomic mass is 15.2. The Hall–Kier alpha value is -1.82. The summed E-state index contributed by atoms with van der Waals surface area (Å²) in [5, 5.41) is 4.17. The van der Waals surface area contributed by atoms with Crippen molar-refractivity contribution in [2.24, 2.45) is 0 Å². The van der Waals surface area contributed by atoms with Crippen LogP contribution in [-0.4, -0.2) is 14.6 Å². The number of imidazole rings is 1. The van der Waals surface area contributed by atoms with Gasteiger partial charge in [0.2, 0.25) is 0 Å². The largest absolute Gasteiger partial charge is 0.234 e. The summed E-state index contributed by atoms with van der Waals surface area (Å²) in [4.78, 5) is 4.20. The van der Waals surface area contributed by atoms with Crippen molar-refractivity contribution in [2.75, 3.05) is 0 Å². The lowest BCUT2D eigenvalue weighted by Gasteiger charge is -1.90. The predicted molar refractivity (Wildman–Crippen MR) is 54.8 cm³/mol. The molecule has 0 saturated carbocycles. The van der Waals surface area contributed by atoms with Gasteiger partial charge in [-0.2, -0.15) is 5.10 Å². The second kappa shape index (κ2) is 3.93. The predicted octanol–water partition coefficient (Wildman–Crippen LogP) is 1.88. The summed E-state index contributed by atoms with van der Waals surface area (Å²) in [6, 6.07) is 3.78. The summed E-state index contributed by atoms with van der Waals surface area (Å²) < 4.78 is 1.75. The van der Waals surface area contributed by atoms with E-state index in [1.54, 1.807) is 16.9 Å². The van der Waals surface area contributed by atoms with Crippen LogP contribution in [0, 0.1) is 11.8 Å². The van der Waals surface area contributed by atoms with E-state index in [1.165, 1.54) is 0 Å². The minimum absolute atomic E-state index is 0.841. The lowest BCUT2D eigenvalue weighted by Crippen LogP contribution is -1.92. The monoisotopic (exact) mass is 185 g/mol. The zero-order chi connectivity index (χ0) is 9.80. The molecule has 3 nitrogen and oxygen atoms in total. The van der Waals surface area contributed by atoms with E-state index in [0.717, 1.165) is 24.2 Å². The van der Waals surface area contributed by atoms with Crippen molar-refractivity contribution in [1.82, 2.24) is 14.6 Å². The Labute approximate surface area is 82.8 Å². The van der Waals surface area contributed by atoms with Gasteiger partial charge in [0.1, 0.15) is 5.69 Å². The van der Waals surface area contributed by atoms with Crippen molar-refractivity contribution in [1.29, 1.82) is 0 Å². The van der Waals surface area contributed by atoms with Crippen molar-refractivity contribution >= 4 is 5.65 Å². The van der Waals surface area contributed by atoms with Crippen molar-refractivity contribution in [3.05, 3.63) is 30.2 Å². The van der Waals surface area contributed by atoms with E-state index in [4.69, 9.17) is 0 Å². The standard InChI is InChI=1S/C11H11N3/c1-2-3-4-6-10-9-12-11-7-5-8-13-14(10)11/h5,7-9H,2-3H2,1H3. The molecule has 0 amide bonds. The minimum Gasteiger partial charge on any atom is -0.234 e. The van der Waals surface area contributed by atoms with Gasteiger partial charge in [0, 0.05) is 12.6 Å². The molecule has 0 saturated heterocycles. The molecule has 0 aliphatic carbocycles. The van der Waals surface area contributed by atoms with Crippen LogP contribution in [0.5, 0.6) is 0 Å². The van der Waals surface area contributed by atoms with Gasteiger partial charge in [-0.25, -0.2) is 9.50 Å². The molecule has 0 aromatic carbocycles. The van der Waals surface area contributed by atoms with Crippen LogP contribution < -0.4 is 0 Å². The van der Waals surface area contributed by atoms with Crippen molar-refractivity contribution < 1.29 is 0 Å². The second-order valence-electron chi connectivity index (χ2n) is 2.99. The average Bonchev–Trinajstić information content (AvgIpc) is 2.63. The van der Waals surface area contributed by atoms with Crippen LogP contribution in [0.4, 0.5) is 0 Å². The third kappa shape index (κ3) is 1.60. The lowest BCUT2D eigenvalue weighted by atomic mass is 10.3. The van der Waals surface area contributed by atoms with Gasteiger partial charge in [-0.1, -0.05) is 12.8 Å². The smallest absolute Gasteiger partial charge is 0.154 e. The van der Waals surface area contributed by atoms with E-state index < -0.39 is 0 Å². The summed E-state index contributed by atoms with van der Waals surface area (Å²) in [6.07, 6.45) is 5.49. The van der Waals surface area contributed by atoms with E-state index in [-0.39, 0.29) is 0 Å². The molecule has 0 atom stereocenters. The third-order valence-corrected chi connectivity index (χ3v) is 1.87. The Morgan fingerprint density at radius 1 is 1.50 bits per heavy atom. The van der Waals surface area contributed by atoms with Crippen LogP contribution in [0.2, 0.25) is 0 Å². The summed E-state index contributed by atoms with van der Waals surface area (Å²) >= 11 is 0. The topological polar surface area (TPSA) is 30.2 Å². The highest BCUT2D eigenvalue weighted by Crippen LogP contribution is 2.01. The van der Waals surface area contributed by atoms with Gasteiger partial charge in [0.25, 0.3) is 0 Å². The number of aromatic nitrogens is 3. The molecule has 0 N–H and O–H groups in total. The molecule has 0 aliphatic heterocycles. The Kier molecular flexibility index (Phi) is 2.46. The van der Waals surface area contributed by atoms with Crippen LogP contribution >= 0.6 is 0 Å². The first kappa shape index (κ1) is 8.76. The summed E-state index contributed by atoms with van der Waals surface area (Å²) in [5.74, 6) is 6.14. The van der Waals surface area contributed by atoms with Gasteiger partial charge in [0.15, 0.2) is 5.65 Å². The highest BCUT2D eigenvalue weighted by molar-refractivity contribution is 5.42. The fraction of sp³-hybridized carbons (Fsp3) is 0.273. The minimum atomic E-state index is 0.841. The Morgan fingerprint density at radius 2 is 2.43 bits per heavy atom. The molecule has 2 rings (SSSR count). The lowest BCUT2D eigenvalue weighted by molar-refractivity contribution is 0.922. The Bertz CT molecular complexity index is 488. The zero-order valence-electron chi connectivity index (χ0n) is 8.07. The zero-order valence-corrected chi connectivity index (χ0v) is 8.07. The Balaban J connectivity index is 2.40. The van der Waals surface area contributed by atoms with Gasteiger partial charge in [-0.05, 0) is 24.5 Å². The second-order valence-corrected chi connectivity index (χ2v) is 2.99. The van der Waals surface area contributed by atoms with Crippen LogP contribution in [0.25, 0.3) is 5.65 Å². The van der Waals surface area contributed by atoms with E-state index >= 15 is 0 Å². The van der Waals surface area contributed by atoms with Crippen LogP contribution in [0.15, 0.2) is 24.5 Å². The average molecular weight is 185 g/mol. The van der Waals surface area contributed by atoms with Crippen LogP contribution in [0.3, 0.4) is 0 Å². The molecule has 70 valence electrons. The fourth-order valence-corrected chi connectivity index (χ4v) is 1.19. The molecular weight excluding hydrogens is 174 g/mol. The number of unbranched alkanes of at least 4 members (excludes halogenated alkanes) is 1. The molecule has 14 heavy (non-hydrogen) atoms. The van der Waals surface area contributed by atoms with E-state index in [2.05, 4.69) is 28.8 Å². The van der Waals surface area contributed by atoms with E-state index in [0.29, 0.717) is 0 Å². The molecule has 2 aromatic rings. The molecule has 0 radical (unpaired) electrons. The summed E-state index contributed by atoms with van der Waals surface area (Å²) in [6.45, 7) is 2.11. The quantitative estimate of drug-likeness (QED) is 0.635. The first-order valence-electron chi connectivity index (χ1n) is 4.69. The molecule has 0 unspecified atom stereocenters. The van der Waals surface area contributed by atoms with Gasteiger partial charge in [0.05, 0.1) is 6.20 Å². The fourth-order valence-electron chi connectivity index (χ4n) is 1.19. The molecule has 2 heterocycles. The molecule has 0 fully saturated rings. The molecule has 2 aromatic heterocycles. The summed E-state index contributed by atoms with van der Waals surface area (Å²) in [7, 11) is 0. The number of rotatable bonds is 1. The van der Waals surface area contributed by atoms with E-state index in [9.17, 15) is 0 Å². The molecular formula is C11H11N3. The van der Waals surface area contributed by atoms with Gasteiger partial charge < -0.3 is 0 Å².